The lowest BCUT2D eigenvalue weighted by atomic mass is 10.0. The van der Waals surface area contributed by atoms with E-state index in [0.717, 1.165) is 36.5 Å². The maximum atomic E-state index is 4.41. The van der Waals surface area contributed by atoms with Gasteiger partial charge in [-0.3, -0.25) is 0 Å². The summed E-state index contributed by atoms with van der Waals surface area (Å²) in [7, 11) is 0. The van der Waals surface area contributed by atoms with Gasteiger partial charge in [0.05, 0.1) is 0 Å². The molecule has 2 aromatic carbocycles. The zero-order valence-electron chi connectivity index (χ0n) is 11.8. The van der Waals surface area contributed by atoms with E-state index in [4.69, 9.17) is 0 Å². The minimum atomic E-state index is 0.465. The monoisotopic (exact) mass is 275 g/mol. The first-order chi connectivity index (χ1) is 10.4. The number of hydrogen-bond acceptors (Lipinski definition) is 2. The van der Waals surface area contributed by atoms with Gasteiger partial charge in [-0.05, 0) is 18.4 Å². The van der Waals surface area contributed by atoms with E-state index < -0.39 is 0 Å². The molecule has 1 aliphatic rings. The number of nitrogens with zero attached hydrogens (tertiary/aromatic N) is 3. The normalized spacial score (nSPS) is 16.9. The van der Waals surface area contributed by atoms with Crippen molar-refractivity contribution in [1.29, 1.82) is 0 Å². The Kier molecular flexibility index (Phi) is 3.03. The largest absolute Gasteiger partial charge is 0.308 e. The molecule has 1 atom stereocenters. The van der Waals surface area contributed by atoms with E-state index in [1.54, 1.807) is 0 Å². The van der Waals surface area contributed by atoms with Crippen LogP contribution in [0.1, 0.15) is 23.9 Å². The Bertz CT molecular complexity index is 732. The Morgan fingerprint density at radius 3 is 2.38 bits per heavy atom. The lowest BCUT2D eigenvalue weighted by Crippen LogP contribution is -2.09. The van der Waals surface area contributed by atoms with Gasteiger partial charge in [-0.2, -0.15) is 0 Å². The molecule has 21 heavy (non-hydrogen) atoms. The van der Waals surface area contributed by atoms with Crippen LogP contribution in [-0.4, -0.2) is 14.8 Å². The molecule has 3 aromatic rings. The molecule has 0 saturated heterocycles. The van der Waals surface area contributed by atoms with E-state index in [1.807, 2.05) is 6.07 Å². The second-order valence-corrected chi connectivity index (χ2v) is 5.56. The van der Waals surface area contributed by atoms with Crippen LogP contribution in [0.2, 0.25) is 0 Å². The standard InChI is InChI=1S/C18H17N3/c1-3-7-14(8-4-1)13-16-11-12-17-19-20-18(21(16)17)15-9-5-2-6-10-15/h1-10,16H,11-13H2. The summed E-state index contributed by atoms with van der Waals surface area (Å²) in [5.74, 6) is 2.12. The van der Waals surface area contributed by atoms with Gasteiger partial charge < -0.3 is 4.57 Å². The Balaban J connectivity index is 1.70. The lowest BCUT2D eigenvalue weighted by Gasteiger charge is -2.15. The predicted octanol–water partition coefficient (Wildman–Crippen LogP) is 3.68. The van der Waals surface area contributed by atoms with E-state index >= 15 is 0 Å². The van der Waals surface area contributed by atoms with Crippen LogP contribution in [0.15, 0.2) is 60.7 Å². The summed E-state index contributed by atoms with van der Waals surface area (Å²) in [5.41, 5.74) is 2.53. The molecule has 0 spiro atoms. The molecule has 0 aliphatic carbocycles. The molecule has 3 heteroatoms. The SMILES string of the molecule is c1ccc(CC2CCc3nnc(-c4ccccc4)n32)cc1. The van der Waals surface area contributed by atoms with Crippen LogP contribution in [0, 0.1) is 0 Å². The van der Waals surface area contributed by atoms with Crippen LogP contribution < -0.4 is 0 Å². The van der Waals surface area contributed by atoms with Crippen molar-refractivity contribution in [2.24, 2.45) is 0 Å². The molecule has 0 amide bonds. The first-order valence-electron chi connectivity index (χ1n) is 7.45. The summed E-state index contributed by atoms with van der Waals surface area (Å²) in [6, 6.07) is 21.5. The summed E-state index contributed by atoms with van der Waals surface area (Å²) in [6.07, 6.45) is 3.22. The van der Waals surface area contributed by atoms with Crippen LogP contribution in [0.3, 0.4) is 0 Å². The van der Waals surface area contributed by atoms with Crippen LogP contribution in [-0.2, 0) is 12.8 Å². The van der Waals surface area contributed by atoms with Crippen molar-refractivity contribution < 1.29 is 0 Å². The van der Waals surface area contributed by atoms with Crippen LogP contribution in [0.5, 0.6) is 0 Å². The maximum Gasteiger partial charge on any atom is 0.164 e. The predicted molar refractivity (Wildman–Crippen MR) is 83.0 cm³/mol. The van der Waals surface area contributed by atoms with Crippen molar-refractivity contribution in [2.45, 2.75) is 25.3 Å². The third-order valence-electron chi connectivity index (χ3n) is 4.18. The van der Waals surface area contributed by atoms with E-state index in [-0.39, 0.29) is 0 Å². The summed E-state index contributed by atoms with van der Waals surface area (Å²) in [5, 5.41) is 8.79. The molecule has 104 valence electrons. The Hall–Kier alpha value is -2.42. The quantitative estimate of drug-likeness (QED) is 0.730. The van der Waals surface area contributed by atoms with Gasteiger partial charge in [-0.25, -0.2) is 0 Å². The third kappa shape index (κ3) is 2.25. The van der Waals surface area contributed by atoms with Crippen LogP contribution >= 0.6 is 0 Å². The molecule has 0 N–H and O–H groups in total. The highest BCUT2D eigenvalue weighted by atomic mass is 15.3. The second-order valence-electron chi connectivity index (χ2n) is 5.56. The van der Waals surface area contributed by atoms with Crippen molar-refractivity contribution >= 4 is 0 Å². The maximum absolute atomic E-state index is 4.41. The van der Waals surface area contributed by atoms with Gasteiger partial charge in [0.25, 0.3) is 0 Å². The van der Waals surface area contributed by atoms with Gasteiger partial charge in [0.2, 0.25) is 0 Å². The minimum Gasteiger partial charge on any atom is -0.308 e. The van der Waals surface area contributed by atoms with Gasteiger partial charge >= 0.3 is 0 Å². The van der Waals surface area contributed by atoms with Crippen molar-refractivity contribution in [3.63, 3.8) is 0 Å². The molecular weight excluding hydrogens is 258 g/mol. The zero-order valence-corrected chi connectivity index (χ0v) is 11.8. The number of rotatable bonds is 3. The molecule has 1 aliphatic heterocycles. The van der Waals surface area contributed by atoms with Gasteiger partial charge in [-0.1, -0.05) is 60.7 Å². The highest BCUT2D eigenvalue weighted by molar-refractivity contribution is 5.55. The molecule has 4 rings (SSSR count). The molecule has 0 radical (unpaired) electrons. The summed E-state index contributed by atoms with van der Waals surface area (Å²) in [6.45, 7) is 0. The van der Waals surface area contributed by atoms with Gasteiger partial charge in [0.1, 0.15) is 5.82 Å². The molecule has 3 nitrogen and oxygen atoms in total. The lowest BCUT2D eigenvalue weighted by molar-refractivity contribution is 0.527. The first-order valence-corrected chi connectivity index (χ1v) is 7.45. The first kappa shape index (κ1) is 12.3. The molecule has 0 bridgehead atoms. The minimum absolute atomic E-state index is 0.465. The van der Waals surface area contributed by atoms with Crippen LogP contribution in [0.4, 0.5) is 0 Å². The number of aromatic nitrogens is 3. The van der Waals surface area contributed by atoms with Crippen molar-refractivity contribution in [3.05, 3.63) is 72.1 Å². The van der Waals surface area contributed by atoms with Gasteiger partial charge in [0.15, 0.2) is 5.82 Å². The van der Waals surface area contributed by atoms with E-state index in [0.29, 0.717) is 6.04 Å². The highest BCUT2D eigenvalue weighted by Crippen LogP contribution is 2.33. The van der Waals surface area contributed by atoms with Crippen molar-refractivity contribution in [3.8, 4) is 11.4 Å². The smallest absolute Gasteiger partial charge is 0.164 e. The number of benzene rings is 2. The van der Waals surface area contributed by atoms with E-state index in [1.165, 1.54) is 5.56 Å². The topological polar surface area (TPSA) is 30.7 Å². The van der Waals surface area contributed by atoms with Crippen molar-refractivity contribution in [1.82, 2.24) is 14.8 Å². The summed E-state index contributed by atoms with van der Waals surface area (Å²) in [4.78, 5) is 0. The average Bonchev–Trinajstić information content (AvgIpc) is 3.12. The molecule has 1 unspecified atom stereocenters. The molecular formula is C18H17N3. The number of fused-ring (bicyclic) bond motifs is 1. The van der Waals surface area contributed by atoms with Gasteiger partial charge in [-0.15, -0.1) is 10.2 Å². The highest BCUT2D eigenvalue weighted by Gasteiger charge is 2.27. The fraction of sp³-hybridized carbons (Fsp3) is 0.222. The number of hydrogen-bond donors (Lipinski definition) is 0. The third-order valence-corrected chi connectivity index (χ3v) is 4.18. The average molecular weight is 275 g/mol. The fourth-order valence-electron chi connectivity index (χ4n) is 3.17. The second kappa shape index (κ2) is 5.17. The van der Waals surface area contributed by atoms with Gasteiger partial charge in [0, 0.05) is 18.0 Å². The summed E-state index contributed by atoms with van der Waals surface area (Å²) < 4.78 is 2.34. The molecule has 0 fully saturated rings. The Labute approximate surface area is 124 Å². The molecule has 2 heterocycles. The molecule has 1 aromatic heterocycles. The van der Waals surface area contributed by atoms with E-state index in [2.05, 4.69) is 69.4 Å². The van der Waals surface area contributed by atoms with E-state index in [9.17, 15) is 0 Å². The summed E-state index contributed by atoms with van der Waals surface area (Å²) >= 11 is 0. The Morgan fingerprint density at radius 1 is 0.905 bits per heavy atom. The number of aryl methyl sites for hydroxylation is 1. The van der Waals surface area contributed by atoms with Crippen molar-refractivity contribution in [2.75, 3.05) is 0 Å². The van der Waals surface area contributed by atoms with Crippen LogP contribution in [0.25, 0.3) is 11.4 Å². The molecule has 0 saturated carbocycles. The fourth-order valence-corrected chi connectivity index (χ4v) is 3.17. The Morgan fingerprint density at radius 2 is 1.62 bits per heavy atom. The zero-order chi connectivity index (χ0) is 14.1.